The molecule has 0 heterocycles. The second kappa shape index (κ2) is 4.30. The molecule has 0 fully saturated rings. The van der Waals surface area contributed by atoms with E-state index in [4.69, 9.17) is 0 Å². The minimum Gasteiger partial charge on any atom is -0.0800 e. The topological polar surface area (TPSA) is 0 Å². The standard InChI is InChI=1S/C17H30/c1-13(2)17(16(6,7)8)12-10-9-11-14(17)15(3,4)5/h9-14H,1-8H3. The highest BCUT2D eigenvalue weighted by atomic mass is 14.5. The Hall–Kier alpha value is -0.520. The predicted octanol–water partition coefficient (Wildman–Crippen LogP) is 5.46. The molecule has 1 rings (SSSR count). The van der Waals surface area contributed by atoms with E-state index in [-0.39, 0.29) is 10.8 Å². The molecule has 0 aromatic heterocycles. The maximum Gasteiger partial charge on any atom is 0.00241 e. The second-order valence-corrected chi connectivity index (χ2v) is 7.93. The van der Waals surface area contributed by atoms with Crippen LogP contribution in [0.5, 0.6) is 0 Å². The predicted molar refractivity (Wildman–Crippen MR) is 78.0 cm³/mol. The molecule has 2 unspecified atom stereocenters. The third kappa shape index (κ3) is 2.37. The fraction of sp³-hybridized carbons (Fsp3) is 0.765. The van der Waals surface area contributed by atoms with Crippen LogP contribution < -0.4 is 0 Å². The SMILES string of the molecule is CC(C)C1(C(C)(C)C)C=CC=CC1C(C)(C)C. The third-order valence-electron chi connectivity index (χ3n) is 4.49. The van der Waals surface area contributed by atoms with Gasteiger partial charge in [0.05, 0.1) is 0 Å². The molecule has 0 aliphatic heterocycles. The van der Waals surface area contributed by atoms with Gasteiger partial charge in [-0.25, -0.2) is 0 Å². The zero-order chi connectivity index (χ0) is 13.5. The van der Waals surface area contributed by atoms with Crippen molar-refractivity contribution in [3.63, 3.8) is 0 Å². The van der Waals surface area contributed by atoms with Crippen molar-refractivity contribution in [3.05, 3.63) is 24.3 Å². The van der Waals surface area contributed by atoms with Crippen molar-refractivity contribution in [2.45, 2.75) is 55.4 Å². The molecule has 0 aromatic rings. The summed E-state index contributed by atoms with van der Waals surface area (Å²) < 4.78 is 0. The Morgan fingerprint density at radius 1 is 0.941 bits per heavy atom. The zero-order valence-electron chi connectivity index (χ0n) is 13.0. The lowest BCUT2D eigenvalue weighted by Gasteiger charge is -2.55. The second-order valence-electron chi connectivity index (χ2n) is 7.93. The molecule has 98 valence electrons. The van der Waals surface area contributed by atoms with Gasteiger partial charge in [0.15, 0.2) is 0 Å². The summed E-state index contributed by atoms with van der Waals surface area (Å²) in [7, 11) is 0. The largest absolute Gasteiger partial charge is 0.0800 e. The van der Waals surface area contributed by atoms with Gasteiger partial charge in [0.25, 0.3) is 0 Å². The van der Waals surface area contributed by atoms with Crippen molar-refractivity contribution in [1.82, 2.24) is 0 Å². The average Bonchev–Trinajstić information content (AvgIpc) is 2.14. The van der Waals surface area contributed by atoms with E-state index in [2.05, 4.69) is 79.7 Å². The first-order chi connectivity index (χ1) is 7.53. The van der Waals surface area contributed by atoms with E-state index in [1.165, 1.54) is 0 Å². The molecule has 0 nitrogen and oxygen atoms in total. The van der Waals surface area contributed by atoms with Gasteiger partial charge in [0.2, 0.25) is 0 Å². The summed E-state index contributed by atoms with van der Waals surface area (Å²) in [5, 5.41) is 0. The Morgan fingerprint density at radius 3 is 1.76 bits per heavy atom. The minimum absolute atomic E-state index is 0.250. The normalized spacial score (nSPS) is 30.1. The van der Waals surface area contributed by atoms with Crippen LogP contribution in [0.3, 0.4) is 0 Å². The van der Waals surface area contributed by atoms with Gasteiger partial charge in [-0.05, 0) is 22.7 Å². The Bertz CT molecular complexity index is 317. The Balaban J connectivity index is 3.37. The van der Waals surface area contributed by atoms with Gasteiger partial charge >= 0.3 is 0 Å². The van der Waals surface area contributed by atoms with Gasteiger partial charge in [0.1, 0.15) is 0 Å². The lowest BCUT2D eigenvalue weighted by molar-refractivity contribution is -0.0113. The molecule has 0 radical (unpaired) electrons. The first-order valence-corrected chi connectivity index (χ1v) is 6.89. The lowest BCUT2D eigenvalue weighted by Crippen LogP contribution is -2.49. The highest BCUT2D eigenvalue weighted by molar-refractivity contribution is 5.25. The van der Waals surface area contributed by atoms with Gasteiger partial charge in [-0.1, -0.05) is 79.7 Å². The molecule has 0 bridgehead atoms. The first-order valence-electron chi connectivity index (χ1n) is 6.89. The third-order valence-corrected chi connectivity index (χ3v) is 4.49. The highest BCUT2D eigenvalue weighted by Crippen LogP contribution is 2.58. The lowest BCUT2D eigenvalue weighted by atomic mass is 9.48. The fourth-order valence-electron chi connectivity index (χ4n) is 3.79. The molecule has 0 spiro atoms. The summed E-state index contributed by atoms with van der Waals surface area (Å²) in [6.07, 6.45) is 9.36. The van der Waals surface area contributed by atoms with Crippen molar-refractivity contribution in [2.75, 3.05) is 0 Å². The first kappa shape index (κ1) is 14.5. The Labute approximate surface area is 108 Å². The molecule has 0 heteroatoms. The zero-order valence-corrected chi connectivity index (χ0v) is 13.0. The van der Waals surface area contributed by atoms with Crippen LogP contribution in [0.15, 0.2) is 24.3 Å². The van der Waals surface area contributed by atoms with Crippen molar-refractivity contribution in [2.24, 2.45) is 28.1 Å². The highest BCUT2D eigenvalue weighted by Gasteiger charge is 2.51. The number of hydrogen-bond acceptors (Lipinski definition) is 0. The number of rotatable bonds is 1. The maximum atomic E-state index is 2.47. The van der Waals surface area contributed by atoms with E-state index >= 15 is 0 Å². The van der Waals surface area contributed by atoms with E-state index in [1.54, 1.807) is 0 Å². The molecular weight excluding hydrogens is 204 g/mol. The summed E-state index contributed by atoms with van der Waals surface area (Å²) >= 11 is 0. The number of hydrogen-bond donors (Lipinski definition) is 0. The quantitative estimate of drug-likeness (QED) is 0.565. The molecular formula is C17H30. The van der Waals surface area contributed by atoms with Gasteiger partial charge < -0.3 is 0 Å². The van der Waals surface area contributed by atoms with Gasteiger partial charge in [0, 0.05) is 5.41 Å². The monoisotopic (exact) mass is 234 g/mol. The van der Waals surface area contributed by atoms with Crippen LogP contribution in [0.2, 0.25) is 0 Å². The van der Waals surface area contributed by atoms with Crippen molar-refractivity contribution >= 4 is 0 Å². The van der Waals surface area contributed by atoms with Crippen LogP contribution in [0.4, 0.5) is 0 Å². The summed E-state index contributed by atoms with van der Waals surface area (Å²) in [6, 6.07) is 0. The van der Waals surface area contributed by atoms with E-state index in [9.17, 15) is 0 Å². The van der Waals surface area contributed by atoms with Crippen molar-refractivity contribution < 1.29 is 0 Å². The van der Waals surface area contributed by atoms with Crippen LogP contribution in [0.1, 0.15) is 55.4 Å². The summed E-state index contributed by atoms with van der Waals surface area (Å²) in [5.74, 6) is 1.24. The summed E-state index contributed by atoms with van der Waals surface area (Å²) in [4.78, 5) is 0. The van der Waals surface area contributed by atoms with E-state index in [0.717, 1.165) is 0 Å². The van der Waals surface area contributed by atoms with Crippen LogP contribution in [0, 0.1) is 28.1 Å². The minimum atomic E-state index is 0.250. The maximum absolute atomic E-state index is 2.47. The summed E-state index contributed by atoms with van der Waals surface area (Å²) in [6.45, 7) is 19.0. The molecule has 0 saturated carbocycles. The van der Waals surface area contributed by atoms with Crippen molar-refractivity contribution in [3.8, 4) is 0 Å². The van der Waals surface area contributed by atoms with Crippen molar-refractivity contribution in [1.29, 1.82) is 0 Å². The molecule has 0 aromatic carbocycles. The molecule has 0 saturated heterocycles. The molecule has 17 heavy (non-hydrogen) atoms. The van der Waals surface area contributed by atoms with Crippen LogP contribution in [0.25, 0.3) is 0 Å². The van der Waals surface area contributed by atoms with Crippen LogP contribution in [-0.2, 0) is 0 Å². The van der Waals surface area contributed by atoms with Crippen LogP contribution in [-0.4, -0.2) is 0 Å². The van der Waals surface area contributed by atoms with Gasteiger partial charge in [-0.3, -0.25) is 0 Å². The Kier molecular flexibility index (Phi) is 3.68. The van der Waals surface area contributed by atoms with Gasteiger partial charge in [-0.2, -0.15) is 0 Å². The molecule has 1 aliphatic carbocycles. The molecule has 1 aliphatic rings. The molecule has 2 atom stereocenters. The van der Waals surface area contributed by atoms with Crippen LogP contribution >= 0.6 is 0 Å². The molecule has 0 amide bonds. The average molecular weight is 234 g/mol. The smallest absolute Gasteiger partial charge is 0.00241 e. The number of allylic oxidation sites excluding steroid dienone is 4. The van der Waals surface area contributed by atoms with E-state index < -0.39 is 0 Å². The summed E-state index contributed by atoms with van der Waals surface area (Å²) in [5.41, 5.74) is 0.833. The molecule has 0 N–H and O–H groups in total. The Morgan fingerprint density at radius 2 is 1.47 bits per heavy atom. The van der Waals surface area contributed by atoms with Gasteiger partial charge in [-0.15, -0.1) is 0 Å². The fourth-order valence-corrected chi connectivity index (χ4v) is 3.79. The van der Waals surface area contributed by atoms with E-state index in [0.29, 0.717) is 17.3 Å². The van der Waals surface area contributed by atoms with E-state index in [1.807, 2.05) is 0 Å².